The van der Waals surface area contributed by atoms with Gasteiger partial charge in [0, 0.05) is 6.54 Å². The highest BCUT2D eigenvalue weighted by Gasteiger charge is 2.28. The number of nitrogens with one attached hydrogen (secondary N) is 2. The number of hydrogen-bond acceptors (Lipinski definition) is 4. The van der Waals surface area contributed by atoms with Gasteiger partial charge in [0.05, 0.1) is 18.2 Å². The first kappa shape index (κ1) is 14.8. The zero-order chi connectivity index (χ0) is 14.5. The summed E-state index contributed by atoms with van der Waals surface area (Å²) in [6.07, 6.45) is 0.0432. The molecule has 1 heterocycles. The molecule has 3 unspecified atom stereocenters. The number of hydrogen-bond donors (Lipinski definition) is 3. The standard InChI is InChI=1S/C15H22N2O3/c1-10-4-3-5-13(6-10)20-9-11(2)17-15(19)14-7-12(18)8-16-14/h3-6,11-12,14,16,18H,7-9H2,1-2H3,(H,17,19). The van der Waals surface area contributed by atoms with Crippen molar-refractivity contribution in [3.63, 3.8) is 0 Å². The predicted octanol–water partition coefficient (Wildman–Crippen LogP) is 0.601. The fourth-order valence-corrected chi connectivity index (χ4v) is 2.23. The summed E-state index contributed by atoms with van der Waals surface area (Å²) >= 11 is 0. The maximum Gasteiger partial charge on any atom is 0.237 e. The van der Waals surface area contributed by atoms with Gasteiger partial charge >= 0.3 is 0 Å². The van der Waals surface area contributed by atoms with Crippen LogP contribution < -0.4 is 15.4 Å². The summed E-state index contributed by atoms with van der Waals surface area (Å²) < 4.78 is 5.65. The van der Waals surface area contributed by atoms with Crippen molar-refractivity contribution in [2.24, 2.45) is 0 Å². The van der Waals surface area contributed by atoms with E-state index in [1.165, 1.54) is 0 Å². The Balaban J connectivity index is 1.75. The molecule has 3 N–H and O–H groups in total. The predicted molar refractivity (Wildman–Crippen MR) is 76.7 cm³/mol. The molecule has 1 aromatic rings. The molecule has 20 heavy (non-hydrogen) atoms. The Morgan fingerprint density at radius 3 is 3.05 bits per heavy atom. The zero-order valence-corrected chi connectivity index (χ0v) is 11.9. The summed E-state index contributed by atoms with van der Waals surface area (Å²) in [7, 11) is 0. The van der Waals surface area contributed by atoms with E-state index in [1.807, 2.05) is 38.1 Å². The number of aliphatic hydroxyl groups excluding tert-OH is 1. The Kier molecular flexibility index (Phi) is 4.98. The van der Waals surface area contributed by atoms with Gasteiger partial charge in [-0.2, -0.15) is 0 Å². The lowest BCUT2D eigenvalue weighted by atomic mass is 10.2. The minimum atomic E-state index is -0.426. The van der Waals surface area contributed by atoms with Crippen molar-refractivity contribution in [1.29, 1.82) is 0 Å². The lowest BCUT2D eigenvalue weighted by molar-refractivity contribution is -0.123. The molecule has 0 bridgehead atoms. The highest BCUT2D eigenvalue weighted by Crippen LogP contribution is 2.12. The molecular formula is C15H22N2O3. The van der Waals surface area contributed by atoms with Gasteiger partial charge in [-0.15, -0.1) is 0 Å². The number of carbonyl (C=O) groups excluding carboxylic acids is 1. The van der Waals surface area contributed by atoms with Crippen LogP contribution in [-0.4, -0.2) is 42.4 Å². The molecule has 0 spiro atoms. The van der Waals surface area contributed by atoms with Crippen LogP contribution in [0.5, 0.6) is 5.75 Å². The highest BCUT2D eigenvalue weighted by atomic mass is 16.5. The lowest BCUT2D eigenvalue weighted by Crippen LogP contribution is -2.46. The largest absolute Gasteiger partial charge is 0.491 e. The Morgan fingerprint density at radius 2 is 2.40 bits per heavy atom. The summed E-state index contributed by atoms with van der Waals surface area (Å²) in [5, 5.41) is 15.3. The van der Waals surface area contributed by atoms with Crippen molar-refractivity contribution < 1.29 is 14.6 Å². The van der Waals surface area contributed by atoms with E-state index in [0.717, 1.165) is 11.3 Å². The van der Waals surface area contributed by atoms with Gasteiger partial charge < -0.3 is 20.5 Å². The second kappa shape index (κ2) is 6.72. The van der Waals surface area contributed by atoms with Crippen LogP contribution in [0, 0.1) is 6.92 Å². The number of benzene rings is 1. The van der Waals surface area contributed by atoms with Crippen molar-refractivity contribution in [2.45, 2.75) is 38.5 Å². The van der Waals surface area contributed by atoms with E-state index in [2.05, 4.69) is 10.6 Å². The van der Waals surface area contributed by atoms with E-state index >= 15 is 0 Å². The molecule has 1 aromatic carbocycles. The summed E-state index contributed by atoms with van der Waals surface area (Å²) in [6.45, 7) is 4.81. The van der Waals surface area contributed by atoms with E-state index in [-0.39, 0.29) is 18.0 Å². The van der Waals surface area contributed by atoms with Gasteiger partial charge in [-0.1, -0.05) is 12.1 Å². The van der Waals surface area contributed by atoms with E-state index in [4.69, 9.17) is 4.74 Å². The number of ether oxygens (including phenoxy) is 1. The topological polar surface area (TPSA) is 70.6 Å². The molecule has 0 radical (unpaired) electrons. The van der Waals surface area contributed by atoms with Crippen molar-refractivity contribution in [2.75, 3.05) is 13.2 Å². The Labute approximate surface area is 119 Å². The van der Waals surface area contributed by atoms with Crippen LogP contribution in [-0.2, 0) is 4.79 Å². The molecule has 0 aliphatic carbocycles. The molecule has 5 nitrogen and oxygen atoms in total. The van der Waals surface area contributed by atoms with Gasteiger partial charge in [-0.05, 0) is 38.0 Å². The molecule has 3 atom stereocenters. The first-order chi connectivity index (χ1) is 9.54. The van der Waals surface area contributed by atoms with Crippen LogP contribution in [0.1, 0.15) is 18.9 Å². The summed E-state index contributed by atoms with van der Waals surface area (Å²) in [4.78, 5) is 11.9. The summed E-state index contributed by atoms with van der Waals surface area (Å²) in [6, 6.07) is 7.43. The third-order valence-corrected chi connectivity index (χ3v) is 3.30. The maximum absolute atomic E-state index is 11.9. The number of rotatable bonds is 5. The van der Waals surface area contributed by atoms with Gasteiger partial charge in [-0.25, -0.2) is 0 Å². The molecule has 0 saturated carbocycles. The van der Waals surface area contributed by atoms with Crippen LogP contribution >= 0.6 is 0 Å². The van der Waals surface area contributed by atoms with Gasteiger partial charge in [0.1, 0.15) is 12.4 Å². The smallest absolute Gasteiger partial charge is 0.237 e. The van der Waals surface area contributed by atoms with Crippen LogP contribution in [0.4, 0.5) is 0 Å². The monoisotopic (exact) mass is 278 g/mol. The van der Waals surface area contributed by atoms with Crippen LogP contribution in [0.25, 0.3) is 0 Å². The second-order valence-electron chi connectivity index (χ2n) is 5.39. The van der Waals surface area contributed by atoms with Gasteiger partial charge in [0.2, 0.25) is 5.91 Å². The van der Waals surface area contributed by atoms with Crippen molar-refractivity contribution >= 4 is 5.91 Å². The minimum Gasteiger partial charge on any atom is -0.491 e. The molecule has 0 aromatic heterocycles. The lowest BCUT2D eigenvalue weighted by Gasteiger charge is -2.18. The molecule has 2 rings (SSSR count). The fraction of sp³-hybridized carbons (Fsp3) is 0.533. The van der Waals surface area contributed by atoms with E-state index in [0.29, 0.717) is 19.6 Å². The van der Waals surface area contributed by atoms with Crippen molar-refractivity contribution in [3.8, 4) is 5.75 Å². The Hall–Kier alpha value is -1.59. The van der Waals surface area contributed by atoms with Crippen molar-refractivity contribution in [3.05, 3.63) is 29.8 Å². The molecular weight excluding hydrogens is 256 g/mol. The molecule has 5 heteroatoms. The van der Waals surface area contributed by atoms with E-state index < -0.39 is 6.10 Å². The number of amides is 1. The number of aliphatic hydroxyl groups is 1. The van der Waals surface area contributed by atoms with Crippen LogP contribution in [0.2, 0.25) is 0 Å². The van der Waals surface area contributed by atoms with E-state index in [9.17, 15) is 9.90 Å². The molecule has 110 valence electrons. The number of carbonyl (C=O) groups is 1. The van der Waals surface area contributed by atoms with Crippen molar-refractivity contribution in [1.82, 2.24) is 10.6 Å². The molecule has 1 aliphatic rings. The van der Waals surface area contributed by atoms with Gasteiger partial charge in [0.25, 0.3) is 0 Å². The van der Waals surface area contributed by atoms with E-state index in [1.54, 1.807) is 0 Å². The number of β-amino-alcohol motifs (C(OH)–C–C–N with tert-alkyl or cyclic N) is 1. The second-order valence-corrected chi connectivity index (χ2v) is 5.39. The molecule has 1 fully saturated rings. The molecule has 1 amide bonds. The average Bonchev–Trinajstić information content (AvgIpc) is 2.83. The van der Waals surface area contributed by atoms with Gasteiger partial charge in [-0.3, -0.25) is 4.79 Å². The third-order valence-electron chi connectivity index (χ3n) is 3.30. The minimum absolute atomic E-state index is 0.0810. The van der Waals surface area contributed by atoms with Crippen LogP contribution in [0.15, 0.2) is 24.3 Å². The quantitative estimate of drug-likeness (QED) is 0.738. The Morgan fingerprint density at radius 1 is 1.60 bits per heavy atom. The SMILES string of the molecule is Cc1cccc(OCC(C)NC(=O)C2CC(O)CN2)c1. The average molecular weight is 278 g/mol. The fourth-order valence-electron chi connectivity index (χ4n) is 2.23. The Bertz CT molecular complexity index is 464. The first-order valence-electron chi connectivity index (χ1n) is 6.96. The third kappa shape index (κ3) is 4.21. The van der Waals surface area contributed by atoms with Crippen LogP contribution in [0.3, 0.4) is 0 Å². The molecule has 1 aliphatic heterocycles. The maximum atomic E-state index is 11.9. The number of aryl methyl sites for hydroxylation is 1. The summed E-state index contributed by atoms with van der Waals surface area (Å²) in [5.41, 5.74) is 1.14. The highest BCUT2D eigenvalue weighted by molar-refractivity contribution is 5.82. The molecule has 1 saturated heterocycles. The first-order valence-corrected chi connectivity index (χ1v) is 6.96. The zero-order valence-electron chi connectivity index (χ0n) is 11.9. The normalized spacial score (nSPS) is 23.4. The van der Waals surface area contributed by atoms with Gasteiger partial charge in [0.15, 0.2) is 0 Å². The summed E-state index contributed by atoms with van der Waals surface area (Å²) in [5.74, 6) is 0.724.